The second-order valence-corrected chi connectivity index (χ2v) is 6.78. The number of hydrogen-bond acceptors (Lipinski definition) is 6. The Labute approximate surface area is 143 Å². The zero-order valence-corrected chi connectivity index (χ0v) is 14.3. The molecule has 3 rings (SSSR count). The third-order valence-corrected chi connectivity index (χ3v) is 5.12. The van der Waals surface area contributed by atoms with Gasteiger partial charge in [0.1, 0.15) is 11.8 Å². The minimum absolute atomic E-state index is 0.163. The highest BCUT2D eigenvalue weighted by molar-refractivity contribution is 7.10. The molecule has 0 bridgehead atoms. The third-order valence-electron chi connectivity index (χ3n) is 4.14. The van der Waals surface area contributed by atoms with Crippen molar-refractivity contribution in [2.24, 2.45) is 7.05 Å². The first kappa shape index (κ1) is 16.8. The van der Waals surface area contributed by atoms with Gasteiger partial charge in [0.15, 0.2) is 0 Å². The van der Waals surface area contributed by atoms with Crippen LogP contribution in [0.4, 0.5) is 0 Å². The molecule has 1 N–H and O–H groups in total. The quantitative estimate of drug-likeness (QED) is 0.862. The normalized spacial score (nSPS) is 17.0. The van der Waals surface area contributed by atoms with Crippen LogP contribution < -0.4 is 5.56 Å². The minimum Gasteiger partial charge on any atom is -0.386 e. The molecule has 1 saturated heterocycles. The van der Waals surface area contributed by atoms with Gasteiger partial charge in [0, 0.05) is 50.7 Å². The Bertz CT molecular complexity index is 751. The van der Waals surface area contributed by atoms with Crippen molar-refractivity contribution in [3.05, 3.63) is 50.6 Å². The first-order chi connectivity index (χ1) is 11.5. The number of nitrogens with zero attached hydrogens (tertiary/aromatic N) is 4. The van der Waals surface area contributed by atoms with Crippen molar-refractivity contribution < 1.29 is 9.90 Å². The van der Waals surface area contributed by atoms with Crippen LogP contribution >= 0.6 is 11.3 Å². The van der Waals surface area contributed by atoms with Crippen LogP contribution in [0.3, 0.4) is 0 Å². The smallest absolute Gasteiger partial charge is 0.274 e. The van der Waals surface area contributed by atoms with Crippen LogP contribution in [0.15, 0.2) is 34.4 Å². The van der Waals surface area contributed by atoms with Crippen molar-refractivity contribution in [1.82, 2.24) is 19.6 Å². The molecule has 8 heteroatoms. The maximum atomic E-state index is 12.5. The third kappa shape index (κ3) is 3.72. The molecule has 0 aromatic carbocycles. The van der Waals surface area contributed by atoms with Crippen LogP contribution in [-0.2, 0) is 7.05 Å². The van der Waals surface area contributed by atoms with Crippen LogP contribution in [0, 0.1) is 0 Å². The lowest BCUT2D eigenvalue weighted by Crippen LogP contribution is -2.49. The summed E-state index contributed by atoms with van der Waals surface area (Å²) >= 11 is 1.55. The Morgan fingerprint density at radius 1 is 1.29 bits per heavy atom. The lowest BCUT2D eigenvalue weighted by Gasteiger charge is -2.35. The number of carbonyl (C=O) groups is 1. The van der Waals surface area contributed by atoms with Crippen LogP contribution in [0.25, 0.3) is 0 Å². The van der Waals surface area contributed by atoms with E-state index in [9.17, 15) is 14.7 Å². The molecule has 1 atom stereocenters. The van der Waals surface area contributed by atoms with E-state index < -0.39 is 6.10 Å². The summed E-state index contributed by atoms with van der Waals surface area (Å²) in [6.45, 7) is 3.15. The Hall–Kier alpha value is -2.03. The Morgan fingerprint density at radius 3 is 2.67 bits per heavy atom. The molecule has 1 aliphatic heterocycles. The molecule has 1 aliphatic rings. The summed E-state index contributed by atoms with van der Waals surface area (Å²) in [5, 5.41) is 16.2. The van der Waals surface area contributed by atoms with E-state index in [1.165, 1.54) is 23.9 Å². The van der Waals surface area contributed by atoms with Crippen molar-refractivity contribution in [1.29, 1.82) is 0 Å². The topological polar surface area (TPSA) is 78.7 Å². The van der Waals surface area contributed by atoms with Crippen molar-refractivity contribution >= 4 is 17.2 Å². The molecule has 2 aromatic heterocycles. The number of amides is 1. The SMILES string of the molecule is Cn1nc(C(=O)N2CCN(C[C@H](O)c3cccs3)CC2)ccc1=O. The van der Waals surface area contributed by atoms with Crippen molar-refractivity contribution in [2.45, 2.75) is 6.10 Å². The van der Waals surface area contributed by atoms with Gasteiger partial charge < -0.3 is 10.0 Å². The van der Waals surface area contributed by atoms with Crippen LogP contribution in [0.2, 0.25) is 0 Å². The summed E-state index contributed by atoms with van der Waals surface area (Å²) in [7, 11) is 1.53. The van der Waals surface area contributed by atoms with Gasteiger partial charge in [-0.3, -0.25) is 14.5 Å². The van der Waals surface area contributed by atoms with Gasteiger partial charge in [0.05, 0.1) is 0 Å². The molecular weight excluding hydrogens is 328 g/mol. The largest absolute Gasteiger partial charge is 0.386 e. The molecule has 7 nitrogen and oxygen atoms in total. The lowest BCUT2D eigenvalue weighted by atomic mass is 10.2. The first-order valence-electron chi connectivity index (χ1n) is 7.82. The number of thiophene rings is 1. The number of aryl methyl sites for hydroxylation is 1. The molecule has 0 unspecified atom stereocenters. The number of aliphatic hydroxyl groups excluding tert-OH is 1. The fourth-order valence-corrected chi connectivity index (χ4v) is 3.43. The molecule has 128 valence electrons. The highest BCUT2D eigenvalue weighted by Gasteiger charge is 2.24. The van der Waals surface area contributed by atoms with E-state index in [4.69, 9.17) is 0 Å². The molecule has 0 radical (unpaired) electrons. The average Bonchev–Trinajstić information content (AvgIpc) is 3.12. The van der Waals surface area contributed by atoms with E-state index in [2.05, 4.69) is 10.00 Å². The second kappa shape index (κ2) is 7.25. The number of aliphatic hydroxyl groups is 1. The predicted octanol–water partition coefficient (Wildman–Crippen LogP) is 0.333. The van der Waals surface area contributed by atoms with Gasteiger partial charge >= 0.3 is 0 Å². The summed E-state index contributed by atoms with van der Waals surface area (Å²) in [6.07, 6.45) is -0.488. The molecule has 0 spiro atoms. The number of piperazine rings is 1. The van der Waals surface area contributed by atoms with Crippen LogP contribution in [-0.4, -0.2) is 63.3 Å². The molecular formula is C16H20N4O3S. The molecule has 1 amide bonds. The van der Waals surface area contributed by atoms with Gasteiger partial charge in [-0.25, -0.2) is 4.68 Å². The molecule has 0 saturated carbocycles. The summed E-state index contributed by atoms with van der Waals surface area (Å²) in [5.74, 6) is -0.163. The number of β-amino-alcohol motifs (C(OH)–C–C–N with tert-alkyl or cyclic N) is 1. The molecule has 0 aliphatic carbocycles. The molecule has 2 aromatic rings. The fourth-order valence-electron chi connectivity index (χ4n) is 2.73. The van der Waals surface area contributed by atoms with Crippen LogP contribution in [0.5, 0.6) is 0 Å². The van der Waals surface area contributed by atoms with Gasteiger partial charge in [0.25, 0.3) is 11.5 Å². The van der Waals surface area contributed by atoms with Gasteiger partial charge in [0.2, 0.25) is 0 Å². The van der Waals surface area contributed by atoms with Crippen molar-refractivity contribution in [2.75, 3.05) is 32.7 Å². The maximum Gasteiger partial charge on any atom is 0.274 e. The summed E-state index contributed by atoms with van der Waals surface area (Å²) in [5.41, 5.74) is 0.0445. The zero-order chi connectivity index (χ0) is 17.1. The number of hydrogen-bond donors (Lipinski definition) is 1. The van der Waals surface area contributed by atoms with Gasteiger partial charge in [-0.15, -0.1) is 11.3 Å². The van der Waals surface area contributed by atoms with Crippen molar-refractivity contribution in [3.63, 3.8) is 0 Å². The number of carbonyl (C=O) groups excluding carboxylic acids is 1. The summed E-state index contributed by atoms with van der Waals surface area (Å²) in [6, 6.07) is 6.69. The Morgan fingerprint density at radius 2 is 2.04 bits per heavy atom. The fraction of sp³-hybridized carbons (Fsp3) is 0.438. The molecule has 24 heavy (non-hydrogen) atoms. The number of rotatable bonds is 4. The van der Waals surface area contributed by atoms with E-state index in [0.717, 1.165) is 4.88 Å². The zero-order valence-electron chi connectivity index (χ0n) is 13.5. The standard InChI is InChI=1S/C16H20N4O3S/c1-18-15(22)5-4-12(17-18)16(23)20-8-6-19(7-9-20)11-13(21)14-3-2-10-24-14/h2-5,10,13,21H,6-9,11H2,1H3/t13-/m0/s1. The number of aromatic nitrogens is 2. The van der Waals surface area contributed by atoms with Gasteiger partial charge in [-0.2, -0.15) is 5.10 Å². The monoisotopic (exact) mass is 348 g/mol. The highest BCUT2D eigenvalue weighted by atomic mass is 32.1. The van der Waals surface area contributed by atoms with E-state index >= 15 is 0 Å². The molecule has 3 heterocycles. The minimum atomic E-state index is -0.488. The van der Waals surface area contributed by atoms with E-state index in [1.807, 2.05) is 17.5 Å². The lowest BCUT2D eigenvalue weighted by molar-refractivity contribution is 0.0526. The Kier molecular flexibility index (Phi) is 5.08. The van der Waals surface area contributed by atoms with Gasteiger partial charge in [-0.05, 0) is 17.5 Å². The average molecular weight is 348 g/mol. The predicted molar refractivity (Wildman–Crippen MR) is 91.1 cm³/mol. The molecule has 1 fully saturated rings. The highest BCUT2D eigenvalue weighted by Crippen LogP contribution is 2.20. The van der Waals surface area contributed by atoms with Gasteiger partial charge in [-0.1, -0.05) is 6.07 Å². The summed E-state index contributed by atoms with van der Waals surface area (Å²) < 4.78 is 1.17. The Balaban J connectivity index is 1.55. The maximum absolute atomic E-state index is 12.5. The van der Waals surface area contributed by atoms with Crippen molar-refractivity contribution in [3.8, 4) is 0 Å². The summed E-state index contributed by atoms with van der Waals surface area (Å²) in [4.78, 5) is 28.7. The van der Waals surface area contributed by atoms with E-state index in [-0.39, 0.29) is 17.2 Å². The first-order valence-corrected chi connectivity index (χ1v) is 8.70. The van der Waals surface area contributed by atoms with E-state index in [0.29, 0.717) is 32.7 Å². The second-order valence-electron chi connectivity index (χ2n) is 5.80. The van der Waals surface area contributed by atoms with Crippen LogP contribution in [0.1, 0.15) is 21.5 Å². The van der Waals surface area contributed by atoms with E-state index in [1.54, 1.807) is 16.2 Å².